The molecule has 0 heterocycles. The molecule has 0 unspecified atom stereocenters. The van der Waals surface area contributed by atoms with Gasteiger partial charge in [-0.2, -0.15) is 0 Å². The summed E-state index contributed by atoms with van der Waals surface area (Å²) in [6.45, 7) is 0. The minimum atomic E-state index is 1.14. The fraction of sp³-hybridized carbons (Fsp3) is 0. The second kappa shape index (κ2) is 3.97. The third-order valence-corrected chi connectivity index (χ3v) is 0.289. The van der Waals surface area contributed by atoms with Crippen molar-refractivity contribution in [1.82, 2.24) is 0 Å². The van der Waals surface area contributed by atoms with Crippen LogP contribution in [0.2, 0.25) is 0 Å². The van der Waals surface area contributed by atoms with E-state index in [0.717, 1.165) is 6.21 Å². The lowest BCUT2D eigenvalue weighted by Gasteiger charge is -1.56. The first kappa shape index (κ1) is 4.97. The third-order valence-electron chi connectivity index (χ3n) is 0.289. The van der Waals surface area contributed by atoms with Crippen molar-refractivity contribution in [3.63, 3.8) is 0 Å². The van der Waals surface area contributed by atoms with Gasteiger partial charge in [-0.15, -0.1) is 6.42 Å². The van der Waals surface area contributed by atoms with Crippen molar-refractivity contribution < 1.29 is 0 Å². The maximum Gasteiger partial charge on any atom is 0.0184 e. The molecule has 1 N–H and O–H groups in total. The Balaban J connectivity index is 3.26. The molecule has 0 aliphatic heterocycles. The van der Waals surface area contributed by atoms with Crippen LogP contribution in [-0.2, 0) is 0 Å². The first-order valence-electron chi connectivity index (χ1n) is 1.53. The summed E-state index contributed by atoms with van der Waals surface area (Å²) in [6.07, 6.45) is 8.86. The molecule has 0 spiro atoms. The lowest BCUT2D eigenvalue weighted by molar-refractivity contribution is 1.58. The molecule has 0 atom stereocenters. The van der Waals surface area contributed by atoms with Gasteiger partial charge in [0.1, 0.15) is 0 Å². The molecule has 0 aromatic heterocycles. The molecule has 0 aliphatic carbocycles. The van der Waals surface area contributed by atoms with E-state index in [2.05, 4.69) is 5.92 Å². The van der Waals surface area contributed by atoms with E-state index in [1.54, 1.807) is 0 Å². The van der Waals surface area contributed by atoms with Crippen molar-refractivity contribution in [3.8, 4) is 12.3 Å². The Bertz CT molecular complexity index is 95.0. The van der Waals surface area contributed by atoms with E-state index in [-0.39, 0.29) is 0 Å². The van der Waals surface area contributed by atoms with Gasteiger partial charge in [0, 0.05) is 6.21 Å². The van der Waals surface area contributed by atoms with Gasteiger partial charge in [-0.25, -0.2) is 0 Å². The van der Waals surface area contributed by atoms with Gasteiger partial charge in [0.05, 0.1) is 0 Å². The fourth-order valence-electron chi connectivity index (χ4n) is 0.104. The standard InChI is InChI=1S/C5H5N/c1-2-3-4-5-6/h1,3-6H. The van der Waals surface area contributed by atoms with Crippen molar-refractivity contribution >= 4 is 6.21 Å². The lowest BCUT2D eigenvalue weighted by Crippen LogP contribution is -1.51. The summed E-state index contributed by atoms with van der Waals surface area (Å²) in [7, 11) is 0. The molecule has 0 aromatic rings. The summed E-state index contributed by atoms with van der Waals surface area (Å²) in [5.74, 6) is 2.24. The minimum absolute atomic E-state index is 1.14. The zero-order valence-corrected chi connectivity index (χ0v) is 3.31. The van der Waals surface area contributed by atoms with E-state index in [1.165, 1.54) is 12.2 Å². The van der Waals surface area contributed by atoms with Gasteiger partial charge >= 0.3 is 0 Å². The average Bonchev–Trinajstić information content (AvgIpc) is 1.61. The number of hydrogen-bond acceptors (Lipinski definition) is 1. The molecule has 1 nitrogen and oxygen atoms in total. The van der Waals surface area contributed by atoms with E-state index in [0.29, 0.717) is 0 Å². The van der Waals surface area contributed by atoms with Gasteiger partial charge in [-0.1, -0.05) is 5.92 Å². The number of allylic oxidation sites excluding steroid dienone is 2. The van der Waals surface area contributed by atoms with Crippen molar-refractivity contribution in [2.24, 2.45) is 0 Å². The number of terminal acetylenes is 1. The molecular formula is C5H5N. The predicted molar refractivity (Wildman–Crippen MR) is 26.8 cm³/mol. The Labute approximate surface area is 37.2 Å². The molecule has 0 aliphatic rings. The predicted octanol–water partition coefficient (Wildman–Crippen LogP) is 0.825. The molecular weight excluding hydrogens is 74.1 g/mol. The van der Waals surface area contributed by atoms with Gasteiger partial charge in [0.2, 0.25) is 0 Å². The zero-order chi connectivity index (χ0) is 4.83. The molecule has 0 saturated carbocycles. The van der Waals surface area contributed by atoms with Crippen LogP contribution in [0.5, 0.6) is 0 Å². The molecule has 30 valence electrons. The Morgan fingerprint density at radius 1 is 1.67 bits per heavy atom. The molecule has 0 aromatic carbocycles. The molecule has 0 rings (SSSR count). The molecule has 0 amide bonds. The van der Waals surface area contributed by atoms with E-state index < -0.39 is 0 Å². The average molecular weight is 79.1 g/mol. The third kappa shape index (κ3) is 2.97. The normalized spacial score (nSPS) is 7.83. The van der Waals surface area contributed by atoms with E-state index in [1.807, 2.05) is 0 Å². The first-order chi connectivity index (χ1) is 2.91. The van der Waals surface area contributed by atoms with E-state index >= 15 is 0 Å². The second-order valence-corrected chi connectivity index (χ2v) is 0.692. The molecule has 0 fully saturated rings. The quantitative estimate of drug-likeness (QED) is 0.355. The highest BCUT2D eigenvalue weighted by Gasteiger charge is 1.48. The maximum atomic E-state index is 6.40. The number of hydrogen-bond donors (Lipinski definition) is 1. The molecule has 0 bridgehead atoms. The minimum Gasteiger partial charge on any atom is -0.309 e. The first-order valence-corrected chi connectivity index (χ1v) is 1.53. The highest BCUT2D eigenvalue weighted by atomic mass is 14.3. The van der Waals surface area contributed by atoms with Crippen molar-refractivity contribution in [3.05, 3.63) is 12.2 Å². The highest BCUT2D eigenvalue weighted by molar-refractivity contribution is 5.68. The van der Waals surface area contributed by atoms with Gasteiger partial charge in [-0.05, 0) is 12.2 Å². The Morgan fingerprint density at radius 2 is 2.33 bits per heavy atom. The van der Waals surface area contributed by atoms with Crippen LogP contribution in [0.1, 0.15) is 0 Å². The molecule has 0 radical (unpaired) electrons. The summed E-state index contributed by atoms with van der Waals surface area (Å²) in [5, 5.41) is 6.40. The smallest absolute Gasteiger partial charge is 0.0184 e. The fourth-order valence-corrected chi connectivity index (χ4v) is 0.104. The molecule has 6 heavy (non-hydrogen) atoms. The monoisotopic (exact) mass is 79.0 g/mol. The number of rotatable bonds is 1. The van der Waals surface area contributed by atoms with E-state index in [9.17, 15) is 0 Å². The summed E-state index contributed by atoms with van der Waals surface area (Å²) < 4.78 is 0. The van der Waals surface area contributed by atoms with Gasteiger partial charge in [0.15, 0.2) is 0 Å². The van der Waals surface area contributed by atoms with Crippen LogP contribution in [-0.4, -0.2) is 6.21 Å². The summed E-state index contributed by atoms with van der Waals surface area (Å²) in [6, 6.07) is 0. The van der Waals surface area contributed by atoms with Crippen LogP contribution in [0.25, 0.3) is 0 Å². The van der Waals surface area contributed by atoms with Gasteiger partial charge < -0.3 is 5.41 Å². The Morgan fingerprint density at radius 3 is 2.50 bits per heavy atom. The van der Waals surface area contributed by atoms with Gasteiger partial charge in [0.25, 0.3) is 0 Å². The topological polar surface area (TPSA) is 23.9 Å². The van der Waals surface area contributed by atoms with Crippen LogP contribution in [0.15, 0.2) is 12.2 Å². The van der Waals surface area contributed by atoms with Crippen LogP contribution >= 0.6 is 0 Å². The Kier molecular flexibility index (Phi) is 3.29. The summed E-state index contributed by atoms with van der Waals surface area (Å²) in [4.78, 5) is 0. The van der Waals surface area contributed by atoms with Crippen molar-refractivity contribution in [2.45, 2.75) is 0 Å². The Hall–Kier alpha value is -1.03. The van der Waals surface area contributed by atoms with Crippen LogP contribution in [0, 0.1) is 17.8 Å². The van der Waals surface area contributed by atoms with E-state index in [4.69, 9.17) is 11.8 Å². The highest BCUT2D eigenvalue weighted by Crippen LogP contribution is 1.57. The zero-order valence-electron chi connectivity index (χ0n) is 3.31. The van der Waals surface area contributed by atoms with Crippen LogP contribution in [0.4, 0.5) is 0 Å². The lowest BCUT2D eigenvalue weighted by atomic mass is 10.5. The summed E-state index contributed by atoms with van der Waals surface area (Å²) in [5.41, 5.74) is 0. The SMILES string of the molecule is C#CC=CC=N. The number of nitrogens with one attached hydrogen (secondary N) is 1. The largest absolute Gasteiger partial charge is 0.309 e. The van der Waals surface area contributed by atoms with Crippen LogP contribution in [0.3, 0.4) is 0 Å². The summed E-state index contributed by atoms with van der Waals surface area (Å²) >= 11 is 0. The van der Waals surface area contributed by atoms with Gasteiger partial charge in [-0.3, -0.25) is 0 Å². The molecule has 0 saturated heterocycles. The van der Waals surface area contributed by atoms with Crippen molar-refractivity contribution in [1.29, 1.82) is 5.41 Å². The van der Waals surface area contributed by atoms with Crippen molar-refractivity contribution in [2.75, 3.05) is 0 Å². The maximum absolute atomic E-state index is 6.40. The second-order valence-electron chi connectivity index (χ2n) is 0.692. The molecule has 1 heteroatoms. The van der Waals surface area contributed by atoms with Crippen LogP contribution < -0.4 is 0 Å².